The quantitative estimate of drug-likeness (QED) is 0.253. The molecule has 0 bridgehead atoms. The van der Waals surface area contributed by atoms with Crippen LogP contribution in [0.1, 0.15) is 33.4 Å². The lowest BCUT2D eigenvalue weighted by molar-refractivity contribution is -0.0397. The Morgan fingerprint density at radius 3 is 2.28 bits per heavy atom. The molecule has 1 saturated heterocycles. The number of fused-ring (bicyclic) bond motifs is 1. The maximum absolute atomic E-state index is 11.0. The highest BCUT2D eigenvalue weighted by Gasteiger charge is 2.51. The molecule has 3 heterocycles. The largest absolute Gasteiger partial charge is 0.405 e. The van der Waals surface area contributed by atoms with Crippen LogP contribution in [-0.4, -0.2) is 46.8 Å². The maximum atomic E-state index is 11.0. The van der Waals surface area contributed by atoms with E-state index in [4.69, 9.17) is 14.9 Å². The van der Waals surface area contributed by atoms with Crippen LogP contribution in [0.25, 0.3) is 11.0 Å². The van der Waals surface area contributed by atoms with Crippen molar-refractivity contribution in [1.29, 1.82) is 0 Å². The fraction of sp³-hybridized carbons (Fsp3) is 0.333. The van der Waals surface area contributed by atoms with E-state index in [0.717, 1.165) is 8.96 Å². The summed E-state index contributed by atoms with van der Waals surface area (Å²) < 4.78 is 16.3. The predicted octanol–water partition coefficient (Wildman–Crippen LogP) is 3.84. The van der Waals surface area contributed by atoms with Gasteiger partial charge in [-0.25, -0.2) is 9.97 Å². The minimum atomic E-state index is -2.73. The van der Waals surface area contributed by atoms with Crippen LogP contribution in [-0.2, 0) is 9.16 Å². The first kappa shape index (κ1) is 25.3. The molecule has 1 aliphatic heterocycles. The van der Waals surface area contributed by atoms with E-state index >= 15 is 0 Å². The van der Waals surface area contributed by atoms with E-state index in [1.165, 1.54) is 16.7 Å². The van der Waals surface area contributed by atoms with Gasteiger partial charge in [-0.15, -0.1) is 0 Å². The summed E-state index contributed by atoms with van der Waals surface area (Å²) in [6.45, 7) is 7.02. The van der Waals surface area contributed by atoms with Gasteiger partial charge in [0.1, 0.15) is 30.1 Å². The molecule has 0 saturated carbocycles. The lowest BCUT2D eigenvalue weighted by Crippen LogP contribution is -2.67. The van der Waals surface area contributed by atoms with Crippen LogP contribution in [0.15, 0.2) is 73.2 Å². The molecule has 0 spiro atoms. The number of hydrogen-bond acceptors (Lipinski definition) is 6. The Kier molecular flexibility index (Phi) is 6.94. The third-order valence-electron chi connectivity index (χ3n) is 6.99. The Labute approximate surface area is 225 Å². The summed E-state index contributed by atoms with van der Waals surface area (Å²) in [5.74, 6) is 0.438. The second-order valence-corrected chi connectivity index (χ2v) is 15.7. The lowest BCUT2D eigenvalue weighted by Gasteiger charge is -2.43. The van der Waals surface area contributed by atoms with Crippen LogP contribution in [0.3, 0.4) is 0 Å². The van der Waals surface area contributed by atoms with Crippen molar-refractivity contribution < 1.29 is 14.3 Å². The van der Waals surface area contributed by atoms with Crippen LogP contribution in [0.4, 0.5) is 5.82 Å². The van der Waals surface area contributed by atoms with E-state index in [-0.39, 0.29) is 11.3 Å². The van der Waals surface area contributed by atoms with Crippen molar-refractivity contribution >= 4 is 58.1 Å². The van der Waals surface area contributed by atoms with Crippen LogP contribution in [0.5, 0.6) is 0 Å². The number of hydrogen-bond donors (Lipinski definition) is 2. The molecule has 3 N–H and O–H groups in total. The maximum Gasteiger partial charge on any atom is 0.261 e. The zero-order chi connectivity index (χ0) is 25.5. The summed E-state index contributed by atoms with van der Waals surface area (Å²) in [6, 6.07) is 21.0. The van der Waals surface area contributed by atoms with Crippen LogP contribution in [0.2, 0.25) is 5.04 Å². The molecule has 0 aliphatic carbocycles. The van der Waals surface area contributed by atoms with Crippen LogP contribution < -0.4 is 16.1 Å². The molecule has 0 unspecified atom stereocenters. The number of ether oxygens (including phenoxy) is 1. The van der Waals surface area contributed by atoms with Gasteiger partial charge in [-0.3, -0.25) is 0 Å². The van der Waals surface area contributed by atoms with Crippen molar-refractivity contribution in [2.24, 2.45) is 0 Å². The number of aromatic nitrogens is 3. The smallest absolute Gasteiger partial charge is 0.261 e. The van der Waals surface area contributed by atoms with Gasteiger partial charge in [-0.1, -0.05) is 81.4 Å². The van der Waals surface area contributed by atoms with Crippen molar-refractivity contribution in [1.82, 2.24) is 14.5 Å². The molecule has 36 heavy (non-hydrogen) atoms. The zero-order valence-corrected chi connectivity index (χ0v) is 23.8. The van der Waals surface area contributed by atoms with Crippen LogP contribution >= 0.6 is 22.6 Å². The van der Waals surface area contributed by atoms with Crippen molar-refractivity contribution in [3.63, 3.8) is 0 Å². The minimum absolute atomic E-state index is 0.153. The molecule has 2 aromatic carbocycles. The van der Waals surface area contributed by atoms with E-state index in [1.807, 2.05) is 22.9 Å². The number of aliphatic hydroxyl groups is 1. The first-order valence-corrected chi connectivity index (χ1v) is 15.1. The van der Waals surface area contributed by atoms with E-state index in [0.29, 0.717) is 24.5 Å². The number of halogens is 1. The van der Waals surface area contributed by atoms with E-state index in [2.05, 4.69) is 102 Å². The van der Waals surface area contributed by atoms with Gasteiger partial charge in [0, 0.05) is 16.2 Å². The summed E-state index contributed by atoms with van der Waals surface area (Å²) in [4.78, 5) is 8.55. The molecule has 3 atom stereocenters. The fourth-order valence-electron chi connectivity index (χ4n) is 5.29. The van der Waals surface area contributed by atoms with Gasteiger partial charge < -0.3 is 24.6 Å². The van der Waals surface area contributed by atoms with Gasteiger partial charge in [0.2, 0.25) is 0 Å². The van der Waals surface area contributed by atoms with Gasteiger partial charge in [0.05, 0.1) is 18.1 Å². The Bertz CT molecular complexity index is 1300. The molecule has 7 nitrogen and oxygen atoms in total. The molecule has 0 radical (unpaired) electrons. The highest BCUT2D eigenvalue weighted by Crippen LogP contribution is 2.39. The normalized spacial score (nSPS) is 20.8. The number of nitrogens with two attached hydrogens (primary N) is 1. The van der Waals surface area contributed by atoms with Crippen LogP contribution in [0, 0.1) is 3.57 Å². The summed E-state index contributed by atoms with van der Waals surface area (Å²) >= 11 is 2.23. The van der Waals surface area contributed by atoms with Crippen molar-refractivity contribution in [2.45, 2.75) is 50.7 Å². The lowest BCUT2D eigenvalue weighted by atomic mass is 10.2. The highest BCUT2D eigenvalue weighted by atomic mass is 127. The van der Waals surface area contributed by atoms with Crippen molar-refractivity contribution in [3.8, 4) is 0 Å². The second kappa shape index (κ2) is 9.86. The SMILES string of the molecule is CC(C)(C)[Si](OC[C@H]1O[C@@H](n2cc(I)c3c(N)ncnc32)C[C@@H]1O)(c1ccccc1)c1ccccc1. The van der Waals surface area contributed by atoms with Gasteiger partial charge in [0.15, 0.2) is 0 Å². The Balaban J connectivity index is 1.46. The zero-order valence-electron chi connectivity index (χ0n) is 20.6. The van der Waals surface area contributed by atoms with Crippen molar-refractivity contribution in [2.75, 3.05) is 12.3 Å². The van der Waals surface area contributed by atoms with Gasteiger partial charge >= 0.3 is 0 Å². The highest BCUT2D eigenvalue weighted by molar-refractivity contribution is 14.1. The van der Waals surface area contributed by atoms with Gasteiger partial charge in [-0.2, -0.15) is 0 Å². The third-order valence-corrected chi connectivity index (χ3v) is 12.8. The van der Waals surface area contributed by atoms with E-state index in [1.54, 1.807) is 0 Å². The summed E-state index contributed by atoms with van der Waals surface area (Å²) in [7, 11) is -2.73. The molecule has 1 aliphatic rings. The summed E-state index contributed by atoms with van der Waals surface area (Å²) in [6.07, 6.45) is 2.36. The number of aliphatic hydroxyl groups excluding tert-OH is 1. The van der Waals surface area contributed by atoms with E-state index < -0.39 is 20.5 Å². The molecule has 2 aromatic heterocycles. The minimum Gasteiger partial charge on any atom is -0.405 e. The standard InChI is InChI=1S/C27H31IN4O3Si/c1-27(2,3)36(18-10-6-4-7-11-18,19-12-8-5-9-13-19)34-16-22-21(33)14-23(35-22)32-15-20(28)24-25(29)30-17-31-26(24)32/h4-13,15,17,21-23,33H,14,16H2,1-3H3,(H2,29,30,31)/t21-,22+,23+/m0/s1. The predicted molar refractivity (Wildman–Crippen MR) is 153 cm³/mol. The summed E-state index contributed by atoms with van der Waals surface area (Å²) in [5, 5.41) is 14.1. The molecule has 188 valence electrons. The monoisotopic (exact) mass is 614 g/mol. The number of benzene rings is 2. The number of rotatable bonds is 6. The number of anilines is 1. The Morgan fingerprint density at radius 2 is 1.69 bits per heavy atom. The van der Waals surface area contributed by atoms with Gasteiger partial charge in [0.25, 0.3) is 8.32 Å². The first-order chi connectivity index (χ1) is 17.2. The number of nitrogens with zero attached hydrogens (tertiary/aromatic N) is 3. The molecule has 5 rings (SSSR count). The second-order valence-electron chi connectivity index (χ2n) is 10.2. The van der Waals surface area contributed by atoms with Crippen molar-refractivity contribution in [3.05, 3.63) is 76.8 Å². The number of nitrogen functional groups attached to an aromatic ring is 1. The topological polar surface area (TPSA) is 95.4 Å². The molecular formula is C27H31IN4O3Si. The molecule has 9 heteroatoms. The first-order valence-electron chi connectivity index (χ1n) is 12.1. The Hall–Kier alpha value is -2.31. The summed E-state index contributed by atoms with van der Waals surface area (Å²) in [5.41, 5.74) is 6.80. The third kappa shape index (κ3) is 4.36. The molecule has 4 aromatic rings. The van der Waals surface area contributed by atoms with Gasteiger partial charge in [-0.05, 0) is 38.0 Å². The molecule has 0 amide bonds. The molecular weight excluding hydrogens is 583 g/mol. The average molecular weight is 615 g/mol. The average Bonchev–Trinajstić information content (AvgIpc) is 3.40. The Morgan fingerprint density at radius 1 is 1.08 bits per heavy atom. The molecule has 1 fully saturated rings. The fourth-order valence-corrected chi connectivity index (χ4v) is 10.7. The van der Waals surface area contributed by atoms with E-state index in [9.17, 15) is 5.11 Å².